The second-order valence-electron chi connectivity index (χ2n) is 5.60. The minimum atomic E-state index is -4.46. The molecule has 0 spiro atoms. The minimum Gasteiger partial charge on any atom is -0.465 e. The van der Waals surface area contributed by atoms with Crippen LogP contribution < -0.4 is 5.56 Å². The molecule has 0 radical (unpaired) electrons. The Bertz CT molecular complexity index is 1040. The number of carbonyl (C=O) groups excluding carboxylic acids is 1. The molecule has 5 nitrogen and oxygen atoms in total. The van der Waals surface area contributed by atoms with Gasteiger partial charge in [0.15, 0.2) is 0 Å². The van der Waals surface area contributed by atoms with Crippen molar-refractivity contribution in [3.05, 3.63) is 75.8 Å². The van der Waals surface area contributed by atoms with Crippen molar-refractivity contribution >= 4 is 16.9 Å². The van der Waals surface area contributed by atoms with Crippen LogP contribution in [0.2, 0.25) is 0 Å². The van der Waals surface area contributed by atoms with Crippen LogP contribution in [-0.2, 0) is 17.5 Å². The molecule has 0 amide bonds. The standard InChI is InChI=1S/C18H13F3N2O3/c1-26-17(25)12-5-6-15-14(8-12)16(24)23(10-22-15)9-11-3-2-4-13(7-11)18(19,20)21/h2-8,10H,9H2,1H3. The van der Waals surface area contributed by atoms with Crippen molar-refractivity contribution in [2.75, 3.05) is 7.11 Å². The second-order valence-corrected chi connectivity index (χ2v) is 5.60. The van der Waals surface area contributed by atoms with Crippen molar-refractivity contribution in [2.24, 2.45) is 0 Å². The van der Waals surface area contributed by atoms with E-state index in [-0.39, 0.29) is 17.5 Å². The van der Waals surface area contributed by atoms with Gasteiger partial charge in [-0.05, 0) is 35.9 Å². The van der Waals surface area contributed by atoms with Gasteiger partial charge >= 0.3 is 12.1 Å². The van der Waals surface area contributed by atoms with E-state index < -0.39 is 23.3 Å². The Morgan fingerprint density at radius 1 is 1.19 bits per heavy atom. The van der Waals surface area contributed by atoms with Gasteiger partial charge in [-0.15, -0.1) is 0 Å². The number of nitrogens with zero attached hydrogens (tertiary/aromatic N) is 2. The summed E-state index contributed by atoms with van der Waals surface area (Å²) in [4.78, 5) is 28.4. The lowest BCUT2D eigenvalue weighted by molar-refractivity contribution is -0.137. The van der Waals surface area contributed by atoms with Gasteiger partial charge in [0.1, 0.15) is 0 Å². The maximum Gasteiger partial charge on any atom is 0.416 e. The molecule has 1 heterocycles. The van der Waals surface area contributed by atoms with Crippen LogP contribution in [0.1, 0.15) is 21.5 Å². The average molecular weight is 362 g/mol. The van der Waals surface area contributed by atoms with Crippen LogP contribution in [0.25, 0.3) is 10.9 Å². The molecule has 0 saturated heterocycles. The summed E-state index contributed by atoms with van der Waals surface area (Å²) in [6, 6.07) is 9.09. The van der Waals surface area contributed by atoms with E-state index >= 15 is 0 Å². The number of benzene rings is 2. The van der Waals surface area contributed by atoms with Gasteiger partial charge in [-0.3, -0.25) is 9.36 Å². The fourth-order valence-corrected chi connectivity index (χ4v) is 2.56. The van der Waals surface area contributed by atoms with E-state index in [2.05, 4.69) is 9.72 Å². The molecule has 8 heteroatoms. The monoisotopic (exact) mass is 362 g/mol. The van der Waals surface area contributed by atoms with Gasteiger partial charge in [-0.1, -0.05) is 12.1 Å². The number of alkyl halides is 3. The minimum absolute atomic E-state index is 0.0753. The molecular weight excluding hydrogens is 349 g/mol. The van der Waals surface area contributed by atoms with Crippen LogP contribution >= 0.6 is 0 Å². The van der Waals surface area contributed by atoms with Crippen LogP contribution in [-0.4, -0.2) is 22.6 Å². The molecule has 0 atom stereocenters. The molecule has 26 heavy (non-hydrogen) atoms. The third kappa shape index (κ3) is 3.44. The predicted octanol–water partition coefficient (Wildman–Crippen LogP) is 3.25. The normalized spacial score (nSPS) is 11.5. The molecule has 0 aliphatic heterocycles. The van der Waals surface area contributed by atoms with E-state index in [1.165, 1.54) is 48.3 Å². The predicted molar refractivity (Wildman–Crippen MR) is 87.9 cm³/mol. The lowest BCUT2D eigenvalue weighted by Gasteiger charge is -2.10. The lowest BCUT2D eigenvalue weighted by Crippen LogP contribution is -2.21. The Morgan fingerprint density at radius 3 is 2.65 bits per heavy atom. The van der Waals surface area contributed by atoms with Gasteiger partial charge in [0, 0.05) is 0 Å². The molecule has 3 rings (SSSR count). The molecule has 0 N–H and O–H groups in total. The molecule has 0 saturated carbocycles. The maximum atomic E-state index is 12.8. The summed E-state index contributed by atoms with van der Waals surface area (Å²) in [5.41, 5.74) is -0.367. The number of aromatic nitrogens is 2. The third-order valence-corrected chi connectivity index (χ3v) is 3.85. The number of hydrogen-bond donors (Lipinski definition) is 0. The van der Waals surface area contributed by atoms with E-state index in [1.807, 2.05) is 0 Å². The summed E-state index contributed by atoms with van der Waals surface area (Å²) in [5, 5.41) is 0.183. The van der Waals surface area contributed by atoms with Crippen LogP contribution in [0.5, 0.6) is 0 Å². The fourth-order valence-electron chi connectivity index (χ4n) is 2.56. The highest BCUT2D eigenvalue weighted by atomic mass is 19.4. The number of methoxy groups -OCH3 is 1. The zero-order valence-corrected chi connectivity index (χ0v) is 13.6. The Morgan fingerprint density at radius 2 is 1.96 bits per heavy atom. The van der Waals surface area contributed by atoms with Crippen LogP contribution in [0.15, 0.2) is 53.6 Å². The molecule has 0 unspecified atom stereocenters. The van der Waals surface area contributed by atoms with Gasteiger partial charge in [0.05, 0.1) is 42.0 Å². The average Bonchev–Trinajstić information content (AvgIpc) is 2.63. The van der Waals surface area contributed by atoms with E-state index in [0.29, 0.717) is 11.1 Å². The second kappa shape index (κ2) is 6.62. The van der Waals surface area contributed by atoms with E-state index in [0.717, 1.165) is 12.1 Å². The Hall–Kier alpha value is -3.16. The zero-order chi connectivity index (χ0) is 18.9. The summed E-state index contributed by atoms with van der Waals surface area (Å²) in [6.45, 7) is -0.0753. The Labute approximate surface area is 145 Å². The van der Waals surface area contributed by atoms with Gasteiger partial charge in [-0.25, -0.2) is 9.78 Å². The van der Waals surface area contributed by atoms with Gasteiger partial charge in [-0.2, -0.15) is 13.2 Å². The molecule has 0 bridgehead atoms. The van der Waals surface area contributed by atoms with E-state index in [9.17, 15) is 22.8 Å². The smallest absolute Gasteiger partial charge is 0.416 e. The maximum absolute atomic E-state index is 12.8. The zero-order valence-electron chi connectivity index (χ0n) is 13.6. The first-order valence-corrected chi connectivity index (χ1v) is 7.53. The highest BCUT2D eigenvalue weighted by Crippen LogP contribution is 2.29. The summed E-state index contributed by atoms with van der Waals surface area (Å²) in [6.07, 6.45) is -3.19. The molecule has 0 aliphatic carbocycles. The number of halogens is 3. The summed E-state index contributed by atoms with van der Waals surface area (Å²) in [5.74, 6) is -0.598. The van der Waals surface area contributed by atoms with Crippen LogP contribution in [0.4, 0.5) is 13.2 Å². The molecule has 1 aromatic heterocycles. The van der Waals surface area contributed by atoms with Gasteiger partial charge < -0.3 is 4.74 Å². The fraction of sp³-hybridized carbons (Fsp3) is 0.167. The van der Waals surface area contributed by atoms with Crippen molar-refractivity contribution in [3.8, 4) is 0 Å². The molecule has 0 fully saturated rings. The first kappa shape index (κ1) is 17.7. The quantitative estimate of drug-likeness (QED) is 0.671. The van der Waals surface area contributed by atoms with Crippen LogP contribution in [0, 0.1) is 0 Å². The van der Waals surface area contributed by atoms with Crippen molar-refractivity contribution in [1.29, 1.82) is 0 Å². The largest absolute Gasteiger partial charge is 0.465 e. The highest BCUT2D eigenvalue weighted by molar-refractivity contribution is 5.94. The molecule has 0 aliphatic rings. The number of carbonyl (C=O) groups is 1. The Kier molecular flexibility index (Phi) is 4.50. The van der Waals surface area contributed by atoms with Crippen molar-refractivity contribution in [1.82, 2.24) is 9.55 Å². The SMILES string of the molecule is COC(=O)c1ccc2ncn(Cc3cccc(C(F)(F)F)c3)c(=O)c2c1. The Balaban J connectivity index is 2.02. The first-order chi connectivity index (χ1) is 12.3. The first-order valence-electron chi connectivity index (χ1n) is 7.53. The lowest BCUT2D eigenvalue weighted by atomic mass is 10.1. The van der Waals surface area contributed by atoms with E-state index in [1.54, 1.807) is 0 Å². The van der Waals surface area contributed by atoms with Crippen molar-refractivity contribution in [3.63, 3.8) is 0 Å². The third-order valence-electron chi connectivity index (χ3n) is 3.85. The van der Waals surface area contributed by atoms with Gasteiger partial charge in [0.25, 0.3) is 5.56 Å². The topological polar surface area (TPSA) is 61.2 Å². The van der Waals surface area contributed by atoms with Crippen molar-refractivity contribution < 1.29 is 22.7 Å². The molecule has 134 valence electrons. The summed E-state index contributed by atoms with van der Waals surface area (Å²) in [7, 11) is 1.22. The van der Waals surface area contributed by atoms with Crippen LogP contribution in [0.3, 0.4) is 0 Å². The summed E-state index contributed by atoms with van der Waals surface area (Å²) >= 11 is 0. The number of fused-ring (bicyclic) bond motifs is 1. The number of ether oxygens (including phenoxy) is 1. The number of esters is 1. The van der Waals surface area contributed by atoms with Gasteiger partial charge in [0.2, 0.25) is 0 Å². The molecule has 3 aromatic rings. The molecule has 2 aromatic carbocycles. The number of rotatable bonds is 3. The number of hydrogen-bond acceptors (Lipinski definition) is 4. The highest BCUT2D eigenvalue weighted by Gasteiger charge is 2.30. The van der Waals surface area contributed by atoms with Crippen molar-refractivity contribution in [2.45, 2.75) is 12.7 Å². The molecular formula is C18H13F3N2O3. The van der Waals surface area contributed by atoms with E-state index in [4.69, 9.17) is 0 Å². The summed E-state index contributed by atoms with van der Waals surface area (Å²) < 4.78 is 44.3.